The molecular formula is C14H19N3OS. The lowest BCUT2D eigenvalue weighted by molar-refractivity contribution is -0.127. The molecule has 0 aliphatic carbocycles. The summed E-state index contributed by atoms with van der Waals surface area (Å²) in [5.41, 5.74) is 8.75. The molecule has 19 heavy (non-hydrogen) atoms. The standard InChI is InChI=1S/C14H19N3OS/c1-10-5-3-6-11(14(15)19)13(10)17-8-4-7-16(2)12(18)9-17/h3,5-6H,4,7-9H2,1-2H3,(H2,15,19). The molecule has 1 saturated heterocycles. The number of hydrogen-bond donors (Lipinski definition) is 1. The number of amides is 1. The lowest BCUT2D eigenvalue weighted by atomic mass is 10.1. The van der Waals surface area contributed by atoms with Crippen molar-refractivity contribution in [2.45, 2.75) is 13.3 Å². The van der Waals surface area contributed by atoms with Crippen molar-refractivity contribution in [1.82, 2.24) is 4.90 Å². The summed E-state index contributed by atoms with van der Waals surface area (Å²) in [7, 11) is 1.85. The number of nitrogens with zero attached hydrogens (tertiary/aromatic N) is 2. The van der Waals surface area contributed by atoms with Gasteiger partial charge in [-0.25, -0.2) is 0 Å². The molecule has 1 aromatic rings. The van der Waals surface area contributed by atoms with Crippen molar-refractivity contribution in [2.75, 3.05) is 31.6 Å². The van der Waals surface area contributed by atoms with E-state index in [2.05, 4.69) is 4.90 Å². The Balaban J connectivity index is 2.40. The minimum atomic E-state index is 0.134. The van der Waals surface area contributed by atoms with Crippen molar-refractivity contribution in [1.29, 1.82) is 0 Å². The highest BCUT2D eigenvalue weighted by molar-refractivity contribution is 7.80. The summed E-state index contributed by atoms with van der Waals surface area (Å²) in [4.78, 5) is 16.3. The van der Waals surface area contributed by atoms with Crippen LogP contribution < -0.4 is 10.6 Å². The van der Waals surface area contributed by atoms with Crippen LogP contribution in [0.15, 0.2) is 18.2 Å². The Morgan fingerprint density at radius 2 is 2.11 bits per heavy atom. The molecule has 4 nitrogen and oxygen atoms in total. The van der Waals surface area contributed by atoms with Crippen LogP contribution in [0.3, 0.4) is 0 Å². The fourth-order valence-electron chi connectivity index (χ4n) is 2.45. The summed E-state index contributed by atoms with van der Waals surface area (Å²) in [6.07, 6.45) is 0.952. The fourth-order valence-corrected chi connectivity index (χ4v) is 2.62. The second-order valence-corrected chi connectivity index (χ2v) is 5.37. The minimum Gasteiger partial charge on any atom is -0.389 e. The Morgan fingerprint density at radius 1 is 1.37 bits per heavy atom. The van der Waals surface area contributed by atoms with Crippen molar-refractivity contribution in [3.05, 3.63) is 29.3 Å². The summed E-state index contributed by atoms with van der Waals surface area (Å²) in [6, 6.07) is 5.89. The van der Waals surface area contributed by atoms with Gasteiger partial charge in [0.1, 0.15) is 4.99 Å². The molecule has 102 valence electrons. The molecule has 0 spiro atoms. The highest BCUT2D eigenvalue weighted by Crippen LogP contribution is 2.26. The number of para-hydroxylation sites is 1. The number of likely N-dealkylation sites (N-methyl/N-ethyl adjacent to an activating group) is 1. The monoisotopic (exact) mass is 277 g/mol. The largest absolute Gasteiger partial charge is 0.389 e. The first-order chi connectivity index (χ1) is 9.00. The van der Waals surface area contributed by atoms with Crippen LogP contribution in [-0.4, -0.2) is 42.5 Å². The third-order valence-corrected chi connectivity index (χ3v) is 3.71. The summed E-state index contributed by atoms with van der Waals surface area (Å²) in [5.74, 6) is 0.134. The number of anilines is 1. The maximum absolute atomic E-state index is 12.0. The lowest BCUT2D eigenvalue weighted by Crippen LogP contribution is -2.35. The molecule has 1 heterocycles. The second-order valence-electron chi connectivity index (χ2n) is 4.93. The van der Waals surface area contributed by atoms with Gasteiger partial charge in [0.25, 0.3) is 0 Å². The molecule has 0 bridgehead atoms. The molecule has 1 aliphatic heterocycles. The smallest absolute Gasteiger partial charge is 0.241 e. The Hall–Kier alpha value is -1.62. The summed E-state index contributed by atoms with van der Waals surface area (Å²) in [5, 5.41) is 0. The molecule has 2 N–H and O–H groups in total. The van der Waals surface area contributed by atoms with Crippen molar-refractivity contribution in [3.8, 4) is 0 Å². The van der Waals surface area contributed by atoms with E-state index in [1.54, 1.807) is 4.90 Å². The van der Waals surface area contributed by atoms with E-state index in [1.165, 1.54) is 0 Å². The van der Waals surface area contributed by atoms with Crippen LogP contribution in [0.2, 0.25) is 0 Å². The number of carbonyl (C=O) groups is 1. The lowest BCUT2D eigenvalue weighted by Gasteiger charge is -2.26. The zero-order chi connectivity index (χ0) is 14.0. The molecule has 1 amide bonds. The molecule has 0 saturated carbocycles. The maximum Gasteiger partial charge on any atom is 0.241 e. The summed E-state index contributed by atoms with van der Waals surface area (Å²) in [6.45, 7) is 4.05. The molecule has 1 aliphatic rings. The molecule has 2 rings (SSSR count). The van der Waals surface area contributed by atoms with E-state index in [-0.39, 0.29) is 5.91 Å². The van der Waals surface area contributed by atoms with E-state index in [1.807, 2.05) is 32.2 Å². The molecule has 5 heteroatoms. The van der Waals surface area contributed by atoms with E-state index in [0.29, 0.717) is 11.5 Å². The van der Waals surface area contributed by atoms with Crippen LogP contribution in [0.25, 0.3) is 0 Å². The number of nitrogens with two attached hydrogens (primary N) is 1. The third-order valence-electron chi connectivity index (χ3n) is 3.49. The van der Waals surface area contributed by atoms with Gasteiger partial charge in [-0.3, -0.25) is 4.79 Å². The number of benzene rings is 1. The Morgan fingerprint density at radius 3 is 2.79 bits per heavy atom. The molecule has 0 aromatic heterocycles. The maximum atomic E-state index is 12.0. The number of carbonyl (C=O) groups excluding carboxylic acids is 1. The summed E-state index contributed by atoms with van der Waals surface area (Å²) >= 11 is 5.12. The molecule has 0 radical (unpaired) electrons. The number of rotatable bonds is 2. The van der Waals surface area contributed by atoms with Gasteiger partial charge in [-0.05, 0) is 25.0 Å². The van der Waals surface area contributed by atoms with E-state index in [4.69, 9.17) is 18.0 Å². The van der Waals surface area contributed by atoms with Crippen molar-refractivity contribution < 1.29 is 4.79 Å². The van der Waals surface area contributed by atoms with Crippen LogP contribution >= 0.6 is 12.2 Å². The number of aryl methyl sites for hydroxylation is 1. The van der Waals surface area contributed by atoms with Gasteiger partial charge in [0.05, 0.1) is 12.2 Å². The van der Waals surface area contributed by atoms with Crippen molar-refractivity contribution >= 4 is 28.8 Å². The van der Waals surface area contributed by atoms with Crippen molar-refractivity contribution in [2.24, 2.45) is 5.73 Å². The Kier molecular flexibility index (Phi) is 4.04. The van der Waals surface area contributed by atoms with Gasteiger partial charge in [-0.1, -0.05) is 24.4 Å². The molecule has 1 fully saturated rings. The van der Waals surface area contributed by atoms with Crippen LogP contribution in [0.4, 0.5) is 5.69 Å². The quantitative estimate of drug-likeness (QED) is 0.828. The van der Waals surface area contributed by atoms with Crippen molar-refractivity contribution in [3.63, 3.8) is 0 Å². The summed E-state index contributed by atoms with van der Waals surface area (Å²) < 4.78 is 0. The van der Waals surface area contributed by atoms with Crippen LogP contribution in [0.5, 0.6) is 0 Å². The first kappa shape index (κ1) is 13.8. The fraction of sp³-hybridized carbons (Fsp3) is 0.429. The number of hydrogen-bond acceptors (Lipinski definition) is 3. The molecular weight excluding hydrogens is 258 g/mol. The van der Waals surface area contributed by atoms with Gasteiger partial charge < -0.3 is 15.5 Å². The highest BCUT2D eigenvalue weighted by atomic mass is 32.1. The van der Waals surface area contributed by atoms with Gasteiger partial charge in [0, 0.05) is 25.7 Å². The topological polar surface area (TPSA) is 49.6 Å². The minimum absolute atomic E-state index is 0.134. The van der Waals surface area contributed by atoms with Crippen LogP contribution in [0, 0.1) is 6.92 Å². The van der Waals surface area contributed by atoms with Gasteiger partial charge in [0.15, 0.2) is 0 Å². The second kappa shape index (κ2) is 5.57. The highest BCUT2D eigenvalue weighted by Gasteiger charge is 2.22. The SMILES string of the molecule is Cc1cccc(C(N)=S)c1N1CCCN(C)C(=O)C1. The average molecular weight is 277 g/mol. The zero-order valence-corrected chi connectivity index (χ0v) is 12.2. The van der Waals surface area contributed by atoms with E-state index >= 15 is 0 Å². The van der Waals surface area contributed by atoms with Gasteiger partial charge >= 0.3 is 0 Å². The predicted molar refractivity (Wildman–Crippen MR) is 81.5 cm³/mol. The van der Waals surface area contributed by atoms with E-state index < -0.39 is 0 Å². The molecule has 0 atom stereocenters. The zero-order valence-electron chi connectivity index (χ0n) is 11.3. The van der Waals surface area contributed by atoms with Gasteiger partial charge in [-0.15, -0.1) is 0 Å². The average Bonchev–Trinajstić information content (AvgIpc) is 2.51. The van der Waals surface area contributed by atoms with Gasteiger partial charge in [0.2, 0.25) is 5.91 Å². The predicted octanol–water partition coefficient (Wildman–Crippen LogP) is 1.30. The molecule has 0 unspecified atom stereocenters. The third kappa shape index (κ3) is 2.87. The molecule has 1 aromatic carbocycles. The normalized spacial score (nSPS) is 16.4. The Bertz CT molecular complexity index is 515. The Labute approximate surface area is 119 Å². The van der Waals surface area contributed by atoms with Gasteiger partial charge in [-0.2, -0.15) is 0 Å². The first-order valence-corrected chi connectivity index (χ1v) is 6.80. The van der Waals surface area contributed by atoms with E-state index in [0.717, 1.165) is 36.3 Å². The first-order valence-electron chi connectivity index (χ1n) is 6.39. The van der Waals surface area contributed by atoms with E-state index in [9.17, 15) is 4.79 Å². The van der Waals surface area contributed by atoms with Crippen LogP contribution in [0.1, 0.15) is 17.5 Å². The van der Waals surface area contributed by atoms with Crippen LogP contribution in [-0.2, 0) is 4.79 Å². The number of thiocarbonyl (C=S) groups is 1.